The molecule has 0 radical (unpaired) electrons. The summed E-state index contributed by atoms with van der Waals surface area (Å²) in [6.45, 7) is 1.92. The number of para-hydroxylation sites is 1. The molecular weight excluding hydrogens is 397 g/mol. The normalized spacial score (nSPS) is 16.9. The molecule has 0 bridgehead atoms. The standard InChI is InChI=1S/C24H20FN3O3/c1-3-31-23(29)24(14-8-9-20(30-2)18(25)12-14)17-13-27-22-21(17)16(10-11-26-22)15-6-4-5-7-19(15)28-24/h4-13,28H,3H2,1-2H3,(H,26,27). The van der Waals surface area contributed by atoms with Crippen LogP contribution in [0.2, 0.25) is 0 Å². The Morgan fingerprint density at radius 3 is 2.77 bits per heavy atom. The number of rotatable bonds is 4. The number of H-pyrrole nitrogens is 1. The molecule has 3 heterocycles. The molecule has 0 spiro atoms. The summed E-state index contributed by atoms with van der Waals surface area (Å²) >= 11 is 0. The Morgan fingerprint density at radius 2 is 2.00 bits per heavy atom. The molecule has 1 aliphatic heterocycles. The van der Waals surface area contributed by atoms with Crippen molar-refractivity contribution in [1.29, 1.82) is 0 Å². The van der Waals surface area contributed by atoms with E-state index in [2.05, 4.69) is 15.3 Å². The van der Waals surface area contributed by atoms with Gasteiger partial charge in [-0.2, -0.15) is 0 Å². The van der Waals surface area contributed by atoms with Crippen molar-refractivity contribution >= 4 is 22.7 Å². The number of methoxy groups -OCH3 is 1. The summed E-state index contributed by atoms with van der Waals surface area (Å²) in [7, 11) is 1.40. The number of nitrogens with zero attached hydrogens (tertiary/aromatic N) is 1. The number of carbonyl (C=O) groups is 1. The Hall–Kier alpha value is -3.87. The summed E-state index contributed by atoms with van der Waals surface area (Å²) in [6.07, 6.45) is 3.46. The minimum atomic E-state index is -1.49. The lowest BCUT2D eigenvalue weighted by Crippen LogP contribution is -2.45. The zero-order chi connectivity index (χ0) is 21.6. The van der Waals surface area contributed by atoms with Gasteiger partial charge in [0.25, 0.3) is 0 Å². The first-order chi connectivity index (χ1) is 15.1. The number of hydrogen-bond acceptors (Lipinski definition) is 5. The van der Waals surface area contributed by atoms with Crippen molar-refractivity contribution in [2.45, 2.75) is 12.5 Å². The maximum atomic E-state index is 14.8. The van der Waals surface area contributed by atoms with Gasteiger partial charge >= 0.3 is 5.97 Å². The van der Waals surface area contributed by atoms with Gasteiger partial charge in [0.05, 0.1) is 13.7 Å². The zero-order valence-electron chi connectivity index (χ0n) is 17.0. The number of ether oxygens (including phenoxy) is 2. The summed E-state index contributed by atoms with van der Waals surface area (Å²) in [4.78, 5) is 21.2. The summed E-state index contributed by atoms with van der Waals surface area (Å²) in [5, 5.41) is 4.18. The first-order valence-corrected chi connectivity index (χ1v) is 9.95. The average molecular weight is 417 g/mol. The Morgan fingerprint density at radius 1 is 1.16 bits per heavy atom. The molecule has 2 aromatic carbocycles. The van der Waals surface area contributed by atoms with Crippen molar-refractivity contribution in [2.75, 3.05) is 19.0 Å². The highest BCUT2D eigenvalue weighted by Gasteiger charge is 2.48. The minimum absolute atomic E-state index is 0.0954. The fourth-order valence-corrected chi connectivity index (χ4v) is 4.32. The van der Waals surface area contributed by atoms with Crippen molar-refractivity contribution in [3.63, 3.8) is 0 Å². The van der Waals surface area contributed by atoms with Crippen molar-refractivity contribution in [3.05, 3.63) is 77.9 Å². The molecule has 7 heteroatoms. The zero-order valence-corrected chi connectivity index (χ0v) is 17.0. The second-order valence-electron chi connectivity index (χ2n) is 7.27. The number of carbonyl (C=O) groups excluding carboxylic acids is 1. The van der Waals surface area contributed by atoms with Gasteiger partial charge in [0.15, 0.2) is 17.1 Å². The van der Waals surface area contributed by atoms with E-state index in [0.717, 1.165) is 22.2 Å². The average Bonchev–Trinajstić information content (AvgIpc) is 3.17. The van der Waals surface area contributed by atoms with Crippen molar-refractivity contribution in [2.24, 2.45) is 0 Å². The van der Waals surface area contributed by atoms with E-state index in [9.17, 15) is 9.18 Å². The number of fused-ring (bicyclic) bond motifs is 2. The Kier molecular flexibility index (Phi) is 4.39. The van der Waals surface area contributed by atoms with E-state index in [1.165, 1.54) is 19.2 Å². The highest BCUT2D eigenvalue weighted by atomic mass is 19.1. The fraction of sp³-hybridized carbons (Fsp3) is 0.167. The monoisotopic (exact) mass is 417 g/mol. The van der Waals surface area contributed by atoms with Gasteiger partial charge in [0.1, 0.15) is 5.65 Å². The third-order valence-electron chi connectivity index (χ3n) is 5.68. The molecule has 0 amide bonds. The number of benzene rings is 2. The number of nitrogens with one attached hydrogen (secondary N) is 2. The fourth-order valence-electron chi connectivity index (χ4n) is 4.32. The van der Waals surface area contributed by atoms with E-state index < -0.39 is 17.3 Å². The van der Waals surface area contributed by atoms with Crippen LogP contribution in [0.15, 0.2) is 60.9 Å². The number of halogens is 1. The summed E-state index contributed by atoms with van der Waals surface area (Å²) in [5.74, 6) is -1.01. The highest BCUT2D eigenvalue weighted by Crippen LogP contribution is 2.47. The predicted octanol–water partition coefficient (Wildman–Crippen LogP) is 4.61. The lowest BCUT2D eigenvalue weighted by atomic mass is 9.82. The molecule has 1 unspecified atom stereocenters. The summed E-state index contributed by atoms with van der Waals surface area (Å²) in [6, 6.07) is 14.1. The molecule has 5 rings (SSSR count). The number of hydrogen-bond donors (Lipinski definition) is 2. The molecular formula is C24H20FN3O3. The van der Waals surface area contributed by atoms with Gasteiger partial charge in [0.2, 0.25) is 0 Å². The maximum Gasteiger partial charge on any atom is 0.341 e. The quantitative estimate of drug-likeness (QED) is 0.474. The Labute approximate surface area is 178 Å². The topological polar surface area (TPSA) is 76.2 Å². The van der Waals surface area contributed by atoms with Gasteiger partial charge in [-0.05, 0) is 42.3 Å². The third-order valence-corrected chi connectivity index (χ3v) is 5.68. The van der Waals surface area contributed by atoms with E-state index in [-0.39, 0.29) is 12.4 Å². The number of anilines is 1. The van der Waals surface area contributed by atoms with Crippen molar-refractivity contribution < 1.29 is 18.7 Å². The van der Waals surface area contributed by atoms with E-state index in [0.29, 0.717) is 16.8 Å². The molecule has 6 nitrogen and oxygen atoms in total. The van der Waals surface area contributed by atoms with Crippen molar-refractivity contribution in [1.82, 2.24) is 9.97 Å². The van der Waals surface area contributed by atoms with Crippen LogP contribution in [0, 0.1) is 5.82 Å². The molecule has 0 fully saturated rings. The number of pyridine rings is 1. The van der Waals surface area contributed by atoms with E-state index in [1.807, 2.05) is 30.3 Å². The largest absolute Gasteiger partial charge is 0.494 e. The van der Waals surface area contributed by atoms with E-state index in [4.69, 9.17) is 9.47 Å². The van der Waals surface area contributed by atoms with Gasteiger partial charge in [-0.1, -0.05) is 24.3 Å². The lowest BCUT2D eigenvalue weighted by Gasteiger charge is -2.33. The number of aromatic amines is 1. The van der Waals surface area contributed by atoms with E-state index in [1.54, 1.807) is 25.4 Å². The predicted molar refractivity (Wildman–Crippen MR) is 116 cm³/mol. The molecule has 1 atom stereocenters. The van der Waals surface area contributed by atoms with Crippen LogP contribution in [0.3, 0.4) is 0 Å². The first kappa shape index (κ1) is 19.1. The second-order valence-corrected chi connectivity index (χ2v) is 7.27. The molecule has 2 N–H and O–H groups in total. The molecule has 1 aliphatic rings. The summed E-state index contributed by atoms with van der Waals surface area (Å²) < 4.78 is 25.4. The third kappa shape index (κ3) is 2.70. The molecule has 0 saturated heterocycles. The van der Waals surface area contributed by atoms with Crippen LogP contribution in [0.5, 0.6) is 5.75 Å². The van der Waals surface area contributed by atoms with Crippen LogP contribution < -0.4 is 10.1 Å². The molecule has 156 valence electrons. The lowest BCUT2D eigenvalue weighted by molar-refractivity contribution is -0.147. The van der Waals surface area contributed by atoms with Gasteiger partial charge in [-0.15, -0.1) is 0 Å². The molecule has 0 aliphatic carbocycles. The van der Waals surface area contributed by atoms with Gasteiger partial charge in [0, 0.05) is 34.6 Å². The smallest absolute Gasteiger partial charge is 0.341 e. The van der Waals surface area contributed by atoms with Crippen LogP contribution in [-0.4, -0.2) is 29.7 Å². The van der Waals surface area contributed by atoms with Crippen LogP contribution in [0.4, 0.5) is 10.1 Å². The van der Waals surface area contributed by atoms with Crippen LogP contribution in [0.25, 0.3) is 22.2 Å². The van der Waals surface area contributed by atoms with Crippen LogP contribution in [-0.2, 0) is 15.1 Å². The molecule has 31 heavy (non-hydrogen) atoms. The Balaban J connectivity index is 1.91. The van der Waals surface area contributed by atoms with Gasteiger partial charge in [-0.25, -0.2) is 14.2 Å². The molecule has 4 aromatic rings. The van der Waals surface area contributed by atoms with Crippen LogP contribution >= 0.6 is 0 Å². The van der Waals surface area contributed by atoms with Gasteiger partial charge < -0.3 is 19.8 Å². The Bertz CT molecular complexity index is 1320. The first-order valence-electron chi connectivity index (χ1n) is 9.95. The van der Waals surface area contributed by atoms with Gasteiger partial charge in [-0.3, -0.25) is 0 Å². The minimum Gasteiger partial charge on any atom is -0.494 e. The SMILES string of the molecule is CCOC(=O)C1(c2ccc(OC)c(F)c2)Nc2ccccc2-c2ccnc3[nH]cc1c23. The van der Waals surface area contributed by atoms with Crippen molar-refractivity contribution in [3.8, 4) is 16.9 Å². The second kappa shape index (κ2) is 7.12. The number of aromatic nitrogens is 2. The molecule has 2 aromatic heterocycles. The number of esters is 1. The molecule has 0 saturated carbocycles. The summed E-state index contributed by atoms with van der Waals surface area (Å²) in [5.41, 5.74) is 2.72. The maximum absolute atomic E-state index is 14.8. The van der Waals surface area contributed by atoms with Crippen LogP contribution in [0.1, 0.15) is 18.1 Å². The van der Waals surface area contributed by atoms with E-state index >= 15 is 0 Å². The highest BCUT2D eigenvalue weighted by molar-refractivity contribution is 6.07.